The second-order valence-electron chi connectivity index (χ2n) is 5.00. The molecular weight excluding hydrogens is 266 g/mol. The molecule has 1 aliphatic heterocycles. The standard InChI is InChI=1S/C15H15N5O/c1-4-17-14(20-5-7-21-8-6-20)9-11(1)15-12-2-3-16-10-13(12)18-19-15/h1-4,9-10H,5-8H2,(H,18,19). The van der Waals surface area contributed by atoms with Crippen molar-refractivity contribution in [1.29, 1.82) is 0 Å². The molecule has 0 saturated carbocycles. The molecule has 0 amide bonds. The van der Waals surface area contributed by atoms with Crippen molar-refractivity contribution in [2.75, 3.05) is 31.2 Å². The zero-order valence-corrected chi connectivity index (χ0v) is 11.5. The van der Waals surface area contributed by atoms with E-state index in [0.717, 1.165) is 54.3 Å². The molecule has 0 aliphatic carbocycles. The van der Waals surface area contributed by atoms with Gasteiger partial charge in [0.2, 0.25) is 0 Å². The molecule has 0 unspecified atom stereocenters. The molecule has 6 nitrogen and oxygen atoms in total. The summed E-state index contributed by atoms with van der Waals surface area (Å²) in [5, 5.41) is 8.51. The van der Waals surface area contributed by atoms with E-state index < -0.39 is 0 Å². The van der Waals surface area contributed by atoms with Gasteiger partial charge in [-0.25, -0.2) is 4.98 Å². The highest BCUT2D eigenvalue weighted by Crippen LogP contribution is 2.27. The van der Waals surface area contributed by atoms with Crippen molar-refractivity contribution in [3.63, 3.8) is 0 Å². The van der Waals surface area contributed by atoms with Gasteiger partial charge < -0.3 is 9.64 Å². The van der Waals surface area contributed by atoms with Gasteiger partial charge in [0.25, 0.3) is 0 Å². The summed E-state index contributed by atoms with van der Waals surface area (Å²) >= 11 is 0. The monoisotopic (exact) mass is 281 g/mol. The van der Waals surface area contributed by atoms with Crippen LogP contribution in [0.15, 0.2) is 36.8 Å². The number of pyridine rings is 2. The lowest BCUT2D eigenvalue weighted by atomic mass is 10.1. The molecular formula is C15H15N5O. The van der Waals surface area contributed by atoms with Gasteiger partial charge in [-0.15, -0.1) is 0 Å². The fourth-order valence-electron chi connectivity index (χ4n) is 2.62. The van der Waals surface area contributed by atoms with E-state index >= 15 is 0 Å². The third-order valence-electron chi connectivity index (χ3n) is 3.72. The lowest BCUT2D eigenvalue weighted by Gasteiger charge is -2.27. The Kier molecular flexibility index (Phi) is 3.01. The Morgan fingerprint density at radius 3 is 2.95 bits per heavy atom. The maximum Gasteiger partial charge on any atom is 0.129 e. The first-order valence-electron chi connectivity index (χ1n) is 6.99. The van der Waals surface area contributed by atoms with Crippen LogP contribution < -0.4 is 4.90 Å². The zero-order valence-electron chi connectivity index (χ0n) is 11.5. The van der Waals surface area contributed by atoms with Crippen molar-refractivity contribution in [3.05, 3.63) is 36.8 Å². The number of nitrogens with one attached hydrogen (secondary N) is 1. The Balaban J connectivity index is 1.75. The molecule has 1 fully saturated rings. The maximum atomic E-state index is 5.39. The van der Waals surface area contributed by atoms with Gasteiger partial charge in [-0.3, -0.25) is 10.1 Å². The highest BCUT2D eigenvalue weighted by atomic mass is 16.5. The third-order valence-corrected chi connectivity index (χ3v) is 3.72. The van der Waals surface area contributed by atoms with Crippen molar-refractivity contribution in [1.82, 2.24) is 20.2 Å². The van der Waals surface area contributed by atoms with Crippen LogP contribution in [0.2, 0.25) is 0 Å². The minimum absolute atomic E-state index is 0.753. The van der Waals surface area contributed by atoms with Gasteiger partial charge in [0.05, 0.1) is 24.9 Å². The van der Waals surface area contributed by atoms with E-state index in [4.69, 9.17) is 4.74 Å². The van der Waals surface area contributed by atoms with E-state index in [1.165, 1.54) is 0 Å². The van der Waals surface area contributed by atoms with Crippen molar-refractivity contribution in [2.24, 2.45) is 0 Å². The second kappa shape index (κ2) is 5.14. The number of nitrogens with zero attached hydrogens (tertiary/aromatic N) is 4. The smallest absolute Gasteiger partial charge is 0.129 e. The Labute approximate surface area is 121 Å². The third kappa shape index (κ3) is 2.23. The van der Waals surface area contributed by atoms with Crippen molar-refractivity contribution in [3.8, 4) is 11.3 Å². The van der Waals surface area contributed by atoms with Crippen LogP contribution in [0, 0.1) is 0 Å². The molecule has 3 aromatic rings. The van der Waals surface area contributed by atoms with Crippen LogP contribution in [0.1, 0.15) is 0 Å². The summed E-state index contributed by atoms with van der Waals surface area (Å²) in [6.07, 6.45) is 5.41. The molecule has 4 rings (SSSR count). The summed E-state index contributed by atoms with van der Waals surface area (Å²) in [5.41, 5.74) is 2.94. The number of hydrogen-bond acceptors (Lipinski definition) is 5. The van der Waals surface area contributed by atoms with Crippen molar-refractivity contribution >= 4 is 16.7 Å². The Morgan fingerprint density at radius 1 is 1.14 bits per heavy atom. The molecule has 1 N–H and O–H groups in total. The van der Waals surface area contributed by atoms with E-state index in [2.05, 4.69) is 31.1 Å². The van der Waals surface area contributed by atoms with Crippen LogP contribution in [0.5, 0.6) is 0 Å². The molecule has 0 aromatic carbocycles. The molecule has 0 atom stereocenters. The molecule has 1 saturated heterocycles. The number of rotatable bonds is 2. The fourth-order valence-corrected chi connectivity index (χ4v) is 2.62. The lowest BCUT2D eigenvalue weighted by molar-refractivity contribution is 0.122. The zero-order chi connectivity index (χ0) is 14.1. The fraction of sp³-hybridized carbons (Fsp3) is 0.267. The van der Waals surface area contributed by atoms with Gasteiger partial charge in [-0.1, -0.05) is 0 Å². The minimum Gasteiger partial charge on any atom is -0.378 e. The van der Waals surface area contributed by atoms with Crippen LogP contribution in [0.4, 0.5) is 5.82 Å². The van der Waals surface area contributed by atoms with Crippen LogP contribution in [-0.4, -0.2) is 46.5 Å². The summed E-state index contributed by atoms with van der Waals surface area (Å²) in [7, 11) is 0. The minimum atomic E-state index is 0.753. The van der Waals surface area contributed by atoms with Gasteiger partial charge in [0.1, 0.15) is 11.5 Å². The SMILES string of the molecule is c1cc2c(-c3ccnc(N4CCOCC4)c3)n[nH]c2cn1. The average molecular weight is 281 g/mol. The molecule has 0 radical (unpaired) electrons. The summed E-state index contributed by atoms with van der Waals surface area (Å²) in [6.45, 7) is 3.26. The summed E-state index contributed by atoms with van der Waals surface area (Å²) in [5.74, 6) is 0.973. The quantitative estimate of drug-likeness (QED) is 0.776. The number of aromatic nitrogens is 4. The number of morpholine rings is 1. The number of aromatic amines is 1. The molecule has 21 heavy (non-hydrogen) atoms. The Hall–Kier alpha value is -2.47. The highest BCUT2D eigenvalue weighted by Gasteiger charge is 2.14. The summed E-state index contributed by atoms with van der Waals surface area (Å²) < 4.78 is 5.39. The molecule has 106 valence electrons. The molecule has 0 bridgehead atoms. The van der Waals surface area contributed by atoms with Crippen LogP contribution in [0.3, 0.4) is 0 Å². The number of anilines is 1. The Morgan fingerprint density at radius 2 is 2.05 bits per heavy atom. The molecule has 6 heteroatoms. The number of ether oxygens (including phenoxy) is 1. The average Bonchev–Trinajstić information content (AvgIpc) is 3.00. The van der Waals surface area contributed by atoms with Gasteiger partial charge in [-0.05, 0) is 18.2 Å². The second-order valence-corrected chi connectivity index (χ2v) is 5.00. The summed E-state index contributed by atoms with van der Waals surface area (Å²) in [4.78, 5) is 10.8. The molecule has 1 aliphatic rings. The van der Waals surface area contributed by atoms with Gasteiger partial charge in [0.15, 0.2) is 0 Å². The number of H-pyrrole nitrogens is 1. The van der Waals surface area contributed by atoms with Crippen molar-refractivity contribution < 1.29 is 4.74 Å². The Bertz CT molecular complexity index is 763. The van der Waals surface area contributed by atoms with Crippen LogP contribution in [0.25, 0.3) is 22.2 Å². The van der Waals surface area contributed by atoms with Crippen molar-refractivity contribution in [2.45, 2.75) is 0 Å². The van der Waals surface area contributed by atoms with E-state index in [0.29, 0.717) is 0 Å². The molecule has 0 spiro atoms. The highest BCUT2D eigenvalue weighted by molar-refractivity contribution is 5.92. The summed E-state index contributed by atoms with van der Waals surface area (Å²) in [6, 6.07) is 6.05. The molecule has 4 heterocycles. The topological polar surface area (TPSA) is 66.9 Å². The van der Waals surface area contributed by atoms with Crippen LogP contribution >= 0.6 is 0 Å². The predicted octanol–water partition coefficient (Wildman–Crippen LogP) is 1.86. The molecule has 3 aromatic heterocycles. The van der Waals surface area contributed by atoms with Gasteiger partial charge in [-0.2, -0.15) is 5.10 Å². The first-order chi connectivity index (χ1) is 10.4. The maximum absolute atomic E-state index is 5.39. The normalized spacial score (nSPS) is 15.5. The van der Waals surface area contributed by atoms with E-state index in [1.807, 2.05) is 18.3 Å². The largest absolute Gasteiger partial charge is 0.378 e. The van der Waals surface area contributed by atoms with E-state index in [9.17, 15) is 0 Å². The van der Waals surface area contributed by atoms with E-state index in [-0.39, 0.29) is 0 Å². The van der Waals surface area contributed by atoms with Gasteiger partial charge >= 0.3 is 0 Å². The lowest BCUT2D eigenvalue weighted by Crippen LogP contribution is -2.36. The van der Waals surface area contributed by atoms with Crippen LogP contribution in [-0.2, 0) is 4.74 Å². The first kappa shape index (κ1) is 12.3. The number of fused-ring (bicyclic) bond motifs is 1. The van der Waals surface area contributed by atoms with E-state index in [1.54, 1.807) is 12.4 Å². The predicted molar refractivity (Wildman–Crippen MR) is 80.2 cm³/mol. The first-order valence-corrected chi connectivity index (χ1v) is 6.99. The number of hydrogen-bond donors (Lipinski definition) is 1. The van der Waals surface area contributed by atoms with Gasteiger partial charge in [0, 0.05) is 36.4 Å².